The smallest absolute Gasteiger partial charge is 0.303 e. The highest BCUT2D eigenvalue weighted by Crippen LogP contribution is 2.34. The predicted molar refractivity (Wildman–Crippen MR) is 106 cm³/mol. The molecule has 28 heavy (non-hydrogen) atoms. The van der Waals surface area contributed by atoms with Crippen molar-refractivity contribution in [2.45, 2.75) is 88.8 Å². The number of rotatable bonds is 11. The van der Waals surface area contributed by atoms with Gasteiger partial charge in [0.2, 0.25) is 0 Å². The first-order valence-corrected chi connectivity index (χ1v) is 10.7. The Kier molecular flexibility index (Phi) is 11.5. The summed E-state index contributed by atoms with van der Waals surface area (Å²) < 4.78 is 21.9. The summed E-state index contributed by atoms with van der Waals surface area (Å²) in [5.74, 6) is -1.37. The minimum absolute atomic E-state index is 0.0805. The molecule has 2 N–H and O–H groups in total. The maximum absolute atomic E-state index is 11.5. The fraction of sp³-hybridized carbons (Fsp3) is 0.842. The van der Waals surface area contributed by atoms with Crippen LogP contribution in [0.15, 0.2) is 0 Å². The number of hydrogen-bond acceptors (Lipinski definition) is 9. The van der Waals surface area contributed by atoms with E-state index in [2.05, 4.69) is 0 Å². The third-order valence-corrected chi connectivity index (χ3v) is 5.91. The van der Waals surface area contributed by atoms with Gasteiger partial charge in [-0.3, -0.25) is 14.4 Å². The zero-order valence-electron chi connectivity index (χ0n) is 17.2. The Morgan fingerprint density at radius 3 is 2.07 bits per heavy atom. The summed E-state index contributed by atoms with van der Waals surface area (Å²) in [7, 11) is 0. The fourth-order valence-electron chi connectivity index (χ4n) is 3.02. The minimum Gasteiger partial charge on any atom is -0.463 e. The van der Waals surface area contributed by atoms with E-state index in [1.807, 2.05) is 0 Å². The second-order valence-electron chi connectivity index (χ2n) is 6.94. The predicted octanol–water partition coefficient (Wildman–Crippen LogP) is 2.17. The van der Waals surface area contributed by atoms with Crippen molar-refractivity contribution in [2.75, 3.05) is 13.2 Å². The lowest BCUT2D eigenvalue weighted by atomic mass is 10.0. The summed E-state index contributed by atoms with van der Waals surface area (Å²) in [4.78, 5) is 34.1. The van der Waals surface area contributed by atoms with Crippen molar-refractivity contribution >= 4 is 29.7 Å². The molecule has 0 aromatic heterocycles. The van der Waals surface area contributed by atoms with E-state index in [1.165, 1.54) is 27.2 Å². The van der Waals surface area contributed by atoms with Crippen molar-refractivity contribution in [3.05, 3.63) is 0 Å². The number of nitrogens with two attached hydrogens (primary N) is 1. The third kappa shape index (κ3) is 9.75. The normalized spacial score (nSPS) is 19.2. The van der Waals surface area contributed by atoms with Crippen LogP contribution in [0.3, 0.4) is 0 Å². The number of thioether (sulfide) groups is 1. The van der Waals surface area contributed by atoms with Crippen molar-refractivity contribution in [3.63, 3.8) is 0 Å². The number of carbonyl (C=O) groups excluding carboxylic acids is 3. The highest BCUT2D eigenvalue weighted by atomic mass is 32.2. The highest BCUT2D eigenvalue weighted by molar-refractivity contribution is 8.00. The molecule has 1 aliphatic carbocycles. The van der Waals surface area contributed by atoms with Crippen molar-refractivity contribution in [3.8, 4) is 0 Å². The van der Waals surface area contributed by atoms with Crippen LogP contribution in [0.1, 0.15) is 59.8 Å². The van der Waals surface area contributed by atoms with Crippen molar-refractivity contribution < 1.29 is 33.3 Å². The summed E-state index contributed by atoms with van der Waals surface area (Å²) in [6, 6.07) is 0. The molecule has 0 aliphatic heterocycles. The first-order chi connectivity index (χ1) is 13.2. The van der Waals surface area contributed by atoms with Crippen LogP contribution in [0.5, 0.6) is 0 Å². The van der Waals surface area contributed by atoms with Crippen LogP contribution in [0.2, 0.25) is 0 Å². The molecule has 4 atom stereocenters. The fourth-order valence-corrected chi connectivity index (χ4v) is 4.55. The highest BCUT2D eigenvalue weighted by Gasteiger charge is 2.34. The minimum atomic E-state index is -0.710. The summed E-state index contributed by atoms with van der Waals surface area (Å²) in [5.41, 5.74) is 5.28. The molecule has 9 heteroatoms. The van der Waals surface area contributed by atoms with Crippen LogP contribution >= 0.6 is 11.8 Å². The molecule has 1 saturated carbocycles. The van der Waals surface area contributed by atoms with Crippen LogP contribution < -0.4 is 5.73 Å². The topological polar surface area (TPSA) is 114 Å². The maximum atomic E-state index is 11.5. The van der Waals surface area contributed by atoms with Gasteiger partial charge in [0.05, 0.1) is 0 Å². The molecule has 0 bridgehead atoms. The summed E-state index contributed by atoms with van der Waals surface area (Å²) in [6.07, 6.45) is 3.59. The van der Waals surface area contributed by atoms with E-state index in [9.17, 15) is 14.4 Å². The van der Waals surface area contributed by atoms with E-state index in [-0.39, 0.29) is 13.2 Å². The van der Waals surface area contributed by atoms with Gasteiger partial charge in [0, 0.05) is 32.6 Å². The van der Waals surface area contributed by atoms with Crippen LogP contribution in [0, 0.1) is 0 Å². The lowest BCUT2D eigenvalue weighted by molar-refractivity contribution is -0.169. The van der Waals surface area contributed by atoms with Crippen LogP contribution in [-0.4, -0.2) is 60.1 Å². The quantitative estimate of drug-likeness (QED) is 0.306. The third-order valence-electron chi connectivity index (χ3n) is 4.37. The van der Waals surface area contributed by atoms with Gasteiger partial charge in [-0.15, -0.1) is 11.8 Å². The number of hydrogen-bond donors (Lipinski definition) is 1. The summed E-state index contributed by atoms with van der Waals surface area (Å²) >= 11 is 1.58. The van der Waals surface area contributed by atoms with Crippen molar-refractivity contribution in [2.24, 2.45) is 5.73 Å². The van der Waals surface area contributed by atoms with E-state index in [0.717, 1.165) is 25.7 Å². The van der Waals surface area contributed by atoms with E-state index < -0.39 is 41.7 Å². The largest absolute Gasteiger partial charge is 0.463 e. The molecule has 0 heterocycles. The molecular weight excluding hydrogens is 386 g/mol. The molecule has 8 nitrogen and oxygen atoms in total. The molecule has 0 spiro atoms. The summed E-state index contributed by atoms with van der Waals surface area (Å²) in [6.45, 7) is 5.59. The van der Waals surface area contributed by atoms with Gasteiger partial charge in [-0.1, -0.05) is 19.3 Å². The van der Waals surface area contributed by atoms with Crippen LogP contribution in [0.4, 0.5) is 0 Å². The first kappa shape index (κ1) is 24.7. The average molecular weight is 420 g/mol. The Morgan fingerprint density at radius 2 is 1.57 bits per heavy atom. The number of ether oxygens (including phenoxy) is 4. The molecule has 162 valence electrons. The van der Waals surface area contributed by atoms with Crippen LogP contribution in [-0.2, 0) is 33.3 Å². The molecule has 2 unspecified atom stereocenters. The molecule has 1 rings (SSSR count). The molecule has 0 radical (unpaired) electrons. The summed E-state index contributed by atoms with van der Waals surface area (Å²) in [5, 5.41) is 0.363. The zero-order valence-corrected chi connectivity index (χ0v) is 18.0. The van der Waals surface area contributed by atoms with Gasteiger partial charge >= 0.3 is 17.9 Å². The van der Waals surface area contributed by atoms with Gasteiger partial charge < -0.3 is 24.7 Å². The molecule has 1 fully saturated rings. The molecule has 1 aliphatic rings. The van der Waals surface area contributed by atoms with Gasteiger partial charge in [-0.05, 0) is 19.8 Å². The lowest BCUT2D eigenvalue weighted by Gasteiger charge is -2.34. The SMILES string of the molecule is CC(=O)OCC(OC(SC1CCCCC1)[C@H](CN)OC(C)=O)[C@@H](C)OC(C)=O. The first-order valence-electron chi connectivity index (χ1n) is 9.71. The Balaban J connectivity index is 2.94. The van der Waals surface area contributed by atoms with E-state index in [0.29, 0.717) is 5.25 Å². The molecular formula is C19H33NO7S. The Labute approximate surface area is 171 Å². The van der Waals surface area contributed by atoms with Gasteiger partial charge in [-0.25, -0.2) is 0 Å². The lowest BCUT2D eigenvalue weighted by Crippen LogP contribution is -2.44. The average Bonchev–Trinajstić information content (AvgIpc) is 2.62. The number of carbonyl (C=O) groups is 3. The van der Waals surface area contributed by atoms with E-state index in [1.54, 1.807) is 18.7 Å². The maximum Gasteiger partial charge on any atom is 0.303 e. The van der Waals surface area contributed by atoms with Crippen molar-refractivity contribution in [1.82, 2.24) is 0 Å². The Morgan fingerprint density at radius 1 is 0.964 bits per heavy atom. The van der Waals surface area contributed by atoms with E-state index in [4.69, 9.17) is 24.7 Å². The van der Waals surface area contributed by atoms with Gasteiger partial charge in [-0.2, -0.15) is 0 Å². The second kappa shape index (κ2) is 13.0. The molecule has 0 amide bonds. The zero-order chi connectivity index (χ0) is 21.1. The Bertz CT molecular complexity index is 511. The van der Waals surface area contributed by atoms with Gasteiger partial charge in [0.15, 0.2) is 0 Å². The second-order valence-corrected chi connectivity index (χ2v) is 8.34. The van der Waals surface area contributed by atoms with Gasteiger partial charge in [0.1, 0.15) is 30.4 Å². The monoisotopic (exact) mass is 419 g/mol. The molecule has 0 aromatic carbocycles. The Hall–Kier alpha value is -1.32. The molecule has 0 aromatic rings. The molecule has 0 saturated heterocycles. The van der Waals surface area contributed by atoms with E-state index >= 15 is 0 Å². The standard InChI is InChI=1S/C19H33NO7S/c1-12(25-14(3)22)18(11-24-13(2)21)27-19(17(10-20)26-15(4)23)28-16-8-6-5-7-9-16/h12,16-19H,5-11,20H2,1-4H3/t12-,17+,18?,19?/m1/s1. The van der Waals surface area contributed by atoms with Crippen LogP contribution in [0.25, 0.3) is 0 Å². The van der Waals surface area contributed by atoms with Crippen molar-refractivity contribution in [1.29, 1.82) is 0 Å². The number of esters is 3. The van der Waals surface area contributed by atoms with Gasteiger partial charge in [0.25, 0.3) is 0 Å².